The normalized spacial score (nSPS) is 28.7. The van der Waals surface area contributed by atoms with Gasteiger partial charge in [0, 0.05) is 0 Å². The molecule has 3 aromatic carbocycles. The Bertz CT molecular complexity index is 1440. The maximum atomic E-state index is 13.5. The summed E-state index contributed by atoms with van der Waals surface area (Å²) in [6.07, 6.45) is 6.73. The number of hydrogen-bond acceptors (Lipinski definition) is 4. The highest BCUT2D eigenvalue weighted by Gasteiger charge is 2.48. The predicted molar refractivity (Wildman–Crippen MR) is 175 cm³/mol. The van der Waals surface area contributed by atoms with E-state index in [9.17, 15) is 19.2 Å². The van der Waals surface area contributed by atoms with Crippen LogP contribution in [0.15, 0.2) is 84.9 Å². The van der Waals surface area contributed by atoms with Gasteiger partial charge in [-0.2, -0.15) is 0 Å². The zero-order chi connectivity index (χ0) is 31.6. The van der Waals surface area contributed by atoms with Crippen molar-refractivity contribution >= 4 is 35.0 Å². The van der Waals surface area contributed by atoms with Crippen LogP contribution in [0, 0.1) is 11.8 Å². The summed E-state index contributed by atoms with van der Waals surface area (Å²) in [5, 5.41) is 0. The Labute approximate surface area is 271 Å². The van der Waals surface area contributed by atoms with E-state index in [1.165, 1.54) is 30.7 Å². The highest BCUT2D eigenvalue weighted by Crippen LogP contribution is 2.29. The fourth-order valence-electron chi connectivity index (χ4n) is 8.29. The molecule has 3 aromatic rings. The lowest BCUT2D eigenvalue weighted by atomic mass is 9.89. The minimum absolute atomic E-state index is 0.151. The number of imide groups is 2. The molecule has 8 nitrogen and oxygen atoms in total. The van der Waals surface area contributed by atoms with Crippen molar-refractivity contribution in [1.29, 1.82) is 0 Å². The number of anilines is 2. The van der Waals surface area contributed by atoms with Crippen LogP contribution in [0.2, 0.25) is 0 Å². The molecule has 7 rings (SSSR count). The Kier molecular flexibility index (Phi) is 8.82. The number of piperidine rings is 2. The van der Waals surface area contributed by atoms with Crippen LogP contribution in [0.1, 0.15) is 49.7 Å². The first kappa shape index (κ1) is 30.5. The van der Waals surface area contributed by atoms with E-state index in [0.717, 1.165) is 64.7 Å². The number of carbonyl (C=O) groups is 4. The smallest absolute Gasteiger partial charge is 0.292 e. The van der Waals surface area contributed by atoms with Crippen molar-refractivity contribution in [3.63, 3.8) is 0 Å². The molecule has 0 bridgehead atoms. The third-order valence-corrected chi connectivity index (χ3v) is 10.9. The lowest BCUT2D eigenvalue weighted by Crippen LogP contribution is -3.17. The fraction of sp³-hybridized carbons (Fsp3) is 0.421. The quantitative estimate of drug-likeness (QED) is 0.378. The van der Waals surface area contributed by atoms with Crippen molar-refractivity contribution in [2.24, 2.45) is 11.8 Å². The summed E-state index contributed by atoms with van der Waals surface area (Å²) in [5.74, 6) is 0.531. The minimum Gasteiger partial charge on any atom is -0.324 e. The molecule has 238 valence electrons. The highest BCUT2D eigenvalue weighted by atomic mass is 16.2. The molecule has 0 radical (unpaired) electrons. The van der Waals surface area contributed by atoms with Crippen molar-refractivity contribution in [2.45, 2.75) is 63.5 Å². The lowest BCUT2D eigenvalue weighted by molar-refractivity contribution is -0.920. The molecule has 4 aliphatic heterocycles. The summed E-state index contributed by atoms with van der Waals surface area (Å²) >= 11 is 0. The van der Waals surface area contributed by atoms with E-state index in [1.54, 1.807) is 24.3 Å². The number of carbonyl (C=O) groups excluding carboxylic acids is 4. The average molecular weight is 621 g/mol. The van der Waals surface area contributed by atoms with E-state index in [4.69, 9.17) is 0 Å². The standard InChI is InChI=1S/C38H42N4O4/c43-35-25-33(39-19-15-29(16-20-39)23-27-7-3-1-4-8-27)37(45)41(35)31-11-13-32(14-12-31)42-36(44)26-34(38(42)46)40-21-17-30(18-22-40)24-28-9-5-2-6-10-28/h1-14,29-30,33-34H,15-26H2/p+2/t33-,34-/m0/s1. The van der Waals surface area contributed by atoms with Gasteiger partial charge in [0.05, 0.1) is 50.4 Å². The lowest BCUT2D eigenvalue weighted by Gasteiger charge is -2.32. The molecular weight excluding hydrogens is 576 g/mol. The fourth-order valence-corrected chi connectivity index (χ4v) is 8.29. The predicted octanol–water partition coefficient (Wildman–Crippen LogP) is 2.03. The van der Waals surface area contributed by atoms with Crippen LogP contribution in [-0.4, -0.2) is 61.9 Å². The molecule has 2 N–H and O–H groups in total. The molecule has 4 heterocycles. The van der Waals surface area contributed by atoms with E-state index in [2.05, 4.69) is 48.5 Å². The van der Waals surface area contributed by atoms with Crippen molar-refractivity contribution < 1.29 is 29.0 Å². The molecule has 0 saturated carbocycles. The van der Waals surface area contributed by atoms with Crippen LogP contribution in [0.25, 0.3) is 0 Å². The number of rotatable bonds is 8. The number of quaternary nitrogens is 2. The number of amides is 4. The average Bonchev–Trinajstić information content (AvgIpc) is 3.55. The van der Waals surface area contributed by atoms with Crippen LogP contribution in [0.5, 0.6) is 0 Å². The second kappa shape index (κ2) is 13.3. The van der Waals surface area contributed by atoms with Gasteiger partial charge >= 0.3 is 0 Å². The van der Waals surface area contributed by atoms with E-state index in [1.807, 2.05) is 12.1 Å². The Morgan fingerprint density at radius 3 is 1.20 bits per heavy atom. The molecule has 4 fully saturated rings. The van der Waals surface area contributed by atoms with Gasteiger partial charge in [-0.15, -0.1) is 0 Å². The van der Waals surface area contributed by atoms with Gasteiger partial charge in [-0.25, -0.2) is 9.80 Å². The van der Waals surface area contributed by atoms with Crippen LogP contribution < -0.4 is 19.6 Å². The Balaban J connectivity index is 0.940. The number of nitrogens with one attached hydrogen (secondary N) is 2. The van der Waals surface area contributed by atoms with Gasteiger partial charge in [0.1, 0.15) is 0 Å². The van der Waals surface area contributed by atoms with Crippen molar-refractivity contribution in [2.75, 3.05) is 36.0 Å². The first-order chi connectivity index (χ1) is 22.4. The summed E-state index contributed by atoms with van der Waals surface area (Å²) < 4.78 is 0. The van der Waals surface area contributed by atoms with Gasteiger partial charge in [0.2, 0.25) is 11.8 Å². The summed E-state index contributed by atoms with van der Waals surface area (Å²) in [6, 6.07) is 27.2. The maximum absolute atomic E-state index is 13.5. The molecule has 0 spiro atoms. The van der Waals surface area contributed by atoms with Crippen LogP contribution in [0.3, 0.4) is 0 Å². The third kappa shape index (κ3) is 6.29. The van der Waals surface area contributed by atoms with Gasteiger partial charge < -0.3 is 9.80 Å². The number of hydrogen-bond donors (Lipinski definition) is 2. The van der Waals surface area contributed by atoms with Crippen LogP contribution in [-0.2, 0) is 32.0 Å². The first-order valence-electron chi connectivity index (χ1n) is 17.0. The molecule has 4 amide bonds. The largest absolute Gasteiger partial charge is 0.324 e. The molecule has 4 aliphatic rings. The molecule has 4 saturated heterocycles. The zero-order valence-electron chi connectivity index (χ0n) is 26.4. The third-order valence-electron chi connectivity index (χ3n) is 10.9. The van der Waals surface area contributed by atoms with Crippen LogP contribution in [0.4, 0.5) is 11.4 Å². The Morgan fingerprint density at radius 1 is 0.500 bits per heavy atom. The zero-order valence-corrected chi connectivity index (χ0v) is 26.4. The summed E-state index contributed by atoms with van der Waals surface area (Å²) in [7, 11) is 0. The number of likely N-dealkylation sites (tertiary alicyclic amines) is 2. The minimum atomic E-state index is -0.354. The molecule has 0 unspecified atom stereocenters. The molecule has 46 heavy (non-hydrogen) atoms. The summed E-state index contributed by atoms with van der Waals surface area (Å²) in [6.45, 7) is 3.56. The molecule has 0 aromatic heterocycles. The van der Waals surface area contributed by atoms with Gasteiger partial charge in [-0.05, 0) is 85.8 Å². The molecule has 0 aliphatic carbocycles. The molecular formula is C38H44N4O4+2. The van der Waals surface area contributed by atoms with Gasteiger partial charge in [-0.3, -0.25) is 19.2 Å². The Morgan fingerprint density at radius 2 is 0.848 bits per heavy atom. The van der Waals surface area contributed by atoms with Crippen molar-refractivity contribution in [3.8, 4) is 0 Å². The van der Waals surface area contributed by atoms with Gasteiger partial charge in [0.25, 0.3) is 11.8 Å². The number of nitrogens with zero attached hydrogens (tertiary/aromatic N) is 2. The van der Waals surface area contributed by atoms with E-state index in [0.29, 0.717) is 23.2 Å². The molecule has 8 heteroatoms. The van der Waals surface area contributed by atoms with Gasteiger partial charge in [-0.1, -0.05) is 60.7 Å². The first-order valence-corrected chi connectivity index (χ1v) is 17.0. The Hall–Kier alpha value is -4.14. The van der Waals surface area contributed by atoms with E-state index >= 15 is 0 Å². The highest BCUT2D eigenvalue weighted by molar-refractivity contribution is 6.23. The monoisotopic (exact) mass is 620 g/mol. The maximum Gasteiger partial charge on any atom is 0.292 e. The molecule has 2 atom stereocenters. The van der Waals surface area contributed by atoms with Crippen LogP contribution >= 0.6 is 0 Å². The second-order valence-corrected chi connectivity index (χ2v) is 13.7. The summed E-state index contributed by atoms with van der Waals surface area (Å²) in [5.41, 5.74) is 3.71. The number of benzene rings is 3. The second-order valence-electron chi connectivity index (χ2n) is 13.7. The van der Waals surface area contributed by atoms with Crippen molar-refractivity contribution in [1.82, 2.24) is 0 Å². The van der Waals surface area contributed by atoms with E-state index < -0.39 is 0 Å². The van der Waals surface area contributed by atoms with Crippen molar-refractivity contribution in [3.05, 3.63) is 96.1 Å². The topological polar surface area (TPSA) is 83.6 Å². The van der Waals surface area contributed by atoms with E-state index in [-0.39, 0.29) is 48.6 Å². The van der Waals surface area contributed by atoms with Gasteiger partial charge in [0.15, 0.2) is 12.1 Å². The SMILES string of the molecule is O=C1C[C@H]([NH+]2CCC(Cc3ccccc3)CC2)C(=O)N1c1ccc(N2C(=O)C[C@H]([NH+]3CCC(Cc4ccccc4)CC3)C2=O)cc1. The summed E-state index contributed by atoms with van der Waals surface area (Å²) in [4.78, 5) is 58.3.